The van der Waals surface area contributed by atoms with Gasteiger partial charge in [0.05, 0.1) is 46.3 Å². The highest BCUT2D eigenvalue weighted by Gasteiger charge is 2.15. The minimum atomic E-state index is 0.326. The van der Waals surface area contributed by atoms with Gasteiger partial charge in [0.2, 0.25) is 5.75 Å². The summed E-state index contributed by atoms with van der Waals surface area (Å²) in [6.07, 6.45) is 0. The van der Waals surface area contributed by atoms with E-state index in [-0.39, 0.29) is 0 Å². The second-order valence-corrected chi connectivity index (χ2v) is 6.00. The van der Waals surface area contributed by atoms with Gasteiger partial charge in [-0.1, -0.05) is 11.6 Å². The fourth-order valence-electron chi connectivity index (χ4n) is 2.40. The van der Waals surface area contributed by atoms with E-state index in [1.807, 2.05) is 0 Å². The predicted molar refractivity (Wildman–Crippen MR) is 110 cm³/mol. The van der Waals surface area contributed by atoms with Crippen LogP contribution in [-0.4, -0.2) is 40.7 Å². The van der Waals surface area contributed by atoms with E-state index in [0.717, 1.165) is 0 Å². The van der Waals surface area contributed by atoms with Crippen molar-refractivity contribution in [2.75, 3.05) is 46.2 Å². The molecule has 0 atom stereocenters. The molecule has 7 nitrogen and oxygen atoms in total. The van der Waals surface area contributed by atoms with Crippen molar-refractivity contribution in [2.24, 2.45) is 0 Å². The summed E-state index contributed by atoms with van der Waals surface area (Å²) < 4.78 is 26.6. The van der Waals surface area contributed by atoms with E-state index in [4.69, 9.17) is 47.5 Å². The van der Waals surface area contributed by atoms with Crippen LogP contribution in [0, 0.1) is 0 Å². The van der Waals surface area contributed by atoms with Gasteiger partial charge >= 0.3 is 0 Å². The van der Waals surface area contributed by atoms with Crippen LogP contribution in [0.3, 0.4) is 0 Å². The molecule has 0 saturated heterocycles. The molecule has 2 rings (SSSR count). The van der Waals surface area contributed by atoms with Gasteiger partial charge in [0.25, 0.3) is 0 Å². The average molecular weight is 413 g/mol. The summed E-state index contributed by atoms with van der Waals surface area (Å²) in [6, 6.07) is 6.83. The van der Waals surface area contributed by atoms with Gasteiger partial charge in [-0.05, 0) is 12.2 Å². The molecule has 0 fully saturated rings. The molecular weight excluding hydrogens is 392 g/mol. The number of ether oxygens (including phenoxy) is 5. The Labute approximate surface area is 168 Å². The molecule has 0 spiro atoms. The highest BCUT2D eigenvalue weighted by molar-refractivity contribution is 7.80. The molecule has 0 saturated carbocycles. The first-order valence-electron chi connectivity index (χ1n) is 7.76. The van der Waals surface area contributed by atoms with Crippen LogP contribution >= 0.6 is 23.8 Å². The summed E-state index contributed by atoms with van der Waals surface area (Å²) in [7, 11) is 7.70. The number of anilines is 2. The third-order valence-electron chi connectivity index (χ3n) is 3.64. The Bertz CT molecular complexity index is 807. The maximum Gasteiger partial charge on any atom is 0.203 e. The third kappa shape index (κ3) is 4.78. The normalized spacial score (nSPS) is 10.0. The Morgan fingerprint density at radius 1 is 0.741 bits per heavy atom. The Morgan fingerprint density at radius 3 is 1.78 bits per heavy atom. The molecule has 2 aromatic carbocycles. The molecule has 0 aromatic heterocycles. The van der Waals surface area contributed by atoms with Gasteiger partial charge in [0, 0.05) is 30.0 Å². The lowest BCUT2D eigenvalue weighted by atomic mass is 10.2. The van der Waals surface area contributed by atoms with E-state index in [9.17, 15) is 0 Å². The molecule has 0 aliphatic rings. The standard InChI is InChI=1S/C18H21ClN2O5S/c1-22-13-9-12(14(23-2)8-11(13)19)21-18(27)20-10-6-15(24-3)17(26-5)16(7-10)25-4/h6-9H,1-5H3,(H2,20,21,27). The molecular formula is C18H21ClN2O5S. The molecule has 27 heavy (non-hydrogen) atoms. The second-order valence-electron chi connectivity index (χ2n) is 5.18. The fraction of sp³-hybridized carbons (Fsp3) is 0.278. The second kappa shape index (κ2) is 9.38. The first kappa shape index (κ1) is 20.7. The van der Waals surface area contributed by atoms with E-state index in [1.54, 1.807) is 52.7 Å². The number of halogens is 1. The Morgan fingerprint density at radius 2 is 1.30 bits per heavy atom. The number of nitrogens with one attached hydrogen (secondary N) is 2. The molecule has 0 aliphatic heterocycles. The number of methoxy groups -OCH3 is 5. The molecule has 2 N–H and O–H groups in total. The minimum absolute atomic E-state index is 0.326. The average Bonchev–Trinajstić information content (AvgIpc) is 2.67. The molecule has 2 aromatic rings. The largest absolute Gasteiger partial charge is 0.495 e. The fourth-order valence-corrected chi connectivity index (χ4v) is 2.85. The molecule has 0 aliphatic carbocycles. The zero-order chi connectivity index (χ0) is 20.0. The van der Waals surface area contributed by atoms with Crippen molar-refractivity contribution in [3.8, 4) is 28.7 Å². The van der Waals surface area contributed by atoms with Crippen LogP contribution in [0.4, 0.5) is 11.4 Å². The van der Waals surface area contributed by atoms with Crippen LogP contribution in [0.2, 0.25) is 5.02 Å². The Kier molecular flexibility index (Phi) is 7.20. The van der Waals surface area contributed by atoms with Crippen molar-refractivity contribution in [3.05, 3.63) is 29.3 Å². The first-order valence-corrected chi connectivity index (χ1v) is 8.55. The highest BCUT2D eigenvalue weighted by atomic mass is 35.5. The van der Waals surface area contributed by atoms with Crippen LogP contribution in [0.15, 0.2) is 24.3 Å². The van der Waals surface area contributed by atoms with Gasteiger partial charge in [-0.3, -0.25) is 0 Å². The summed E-state index contributed by atoms with van der Waals surface area (Å²) in [4.78, 5) is 0. The van der Waals surface area contributed by atoms with Crippen molar-refractivity contribution in [1.29, 1.82) is 0 Å². The van der Waals surface area contributed by atoms with E-state index in [1.165, 1.54) is 7.11 Å². The lowest BCUT2D eigenvalue weighted by molar-refractivity contribution is 0.324. The molecule has 0 heterocycles. The van der Waals surface area contributed by atoms with Crippen molar-refractivity contribution >= 4 is 40.3 Å². The van der Waals surface area contributed by atoms with E-state index < -0.39 is 0 Å². The van der Waals surface area contributed by atoms with Gasteiger partial charge in [-0.25, -0.2) is 0 Å². The monoisotopic (exact) mass is 412 g/mol. The molecule has 146 valence electrons. The predicted octanol–water partition coefficient (Wildman–Crippen LogP) is 4.19. The van der Waals surface area contributed by atoms with Gasteiger partial charge in [-0.2, -0.15) is 0 Å². The van der Waals surface area contributed by atoms with Crippen molar-refractivity contribution in [2.45, 2.75) is 0 Å². The number of benzene rings is 2. The Balaban J connectivity index is 2.26. The van der Waals surface area contributed by atoms with Crippen molar-refractivity contribution < 1.29 is 23.7 Å². The lowest BCUT2D eigenvalue weighted by Crippen LogP contribution is -2.19. The lowest BCUT2D eigenvalue weighted by Gasteiger charge is -2.17. The van der Waals surface area contributed by atoms with Crippen molar-refractivity contribution in [1.82, 2.24) is 0 Å². The zero-order valence-electron chi connectivity index (χ0n) is 15.6. The van der Waals surface area contributed by atoms with Crippen LogP contribution in [0.1, 0.15) is 0 Å². The third-order valence-corrected chi connectivity index (χ3v) is 4.14. The van der Waals surface area contributed by atoms with Gasteiger partial charge in [0.15, 0.2) is 16.6 Å². The van der Waals surface area contributed by atoms with Gasteiger partial charge in [-0.15, -0.1) is 0 Å². The minimum Gasteiger partial charge on any atom is -0.495 e. The summed E-state index contributed by atoms with van der Waals surface area (Å²) in [5.74, 6) is 2.53. The highest BCUT2D eigenvalue weighted by Crippen LogP contribution is 2.40. The molecule has 0 bridgehead atoms. The molecule has 0 amide bonds. The number of hydrogen-bond donors (Lipinski definition) is 2. The smallest absolute Gasteiger partial charge is 0.203 e. The molecule has 0 radical (unpaired) electrons. The van der Waals surface area contributed by atoms with Crippen LogP contribution in [0.25, 0.3) is 0 Å². The number of rotatable bonds is 7. The van der Waals surface area contributed by atoms with Gasteiger partial charge < -0.3 is 34.3 Å². The zero-order valence-corrected chi connectivity index (χ0v) is 17.2. The maximum absolute atomic E-state index is 6.12. The molecule has 9 heteroatoms. The maximum atomic E-state index is 6.12. The number of thiocarbonyl (C=S) groups is 1. The van der Waals surface area contributed by atoms with E-state index in [0.29, 0.717) is 50.3 Å². The van der Waals surface area contributed by atoms with Gasteiger partial charge in [0.1, 0.15) is 11.5 Å². The SMILES string of the molecule is COc1cc(NC(=S)Nc2cc(OC)c(OC)c(OC)c2)c(OC)cc1Cl. The summed E-state index contributed by atoms with van der Waals surface area (Å²) >= 11 is 11.5. The van der Waals surface area contributed by atoms with E-state index in [2.05, 4.69) is 10.6 Å². The summed E-state index contributed by atoms with van der Waals surface area (Å²) in [5.41, 5.74) is 1.26. The van der Waals surface area contributed by atoms with E-state index >= 15 is 0 Å². The van der Waals surface area contributed by atoms with Crippen LogP contribution < -0.4 is 34.3 Å². The number of hydrogen-bond acceptors (Lipinski definition) is 6. The molecule has 0 unspecified atom stereocenters. The summed E-state index contributed by atoms with van der Waals surface area (Å²) in [6.45, 7) is 0. The Hall–Kier alpha value is -2.58. The summed E-state index contributed by atoms with van der Waals surface area (Å²) in [5, 5.41) is 6.89. The van der Waals surface area contributed by atoms with Crippen molar-refractivity contribution in [3.63, 3.8) is 0 Å². The quantitative estimate of drug-likeness (QED) is 0.656. The first-order chi connectivity index (χ1) is 13.0. The van der Waals surface area contributed by atoms with Crippen LogP contribution in [-0.2, 0) is 0 Å². The van der Waals surface area contributed by atoms with Crippen LogP contribution in [0.5, 0.6) is 28.7 Å². The topological polar surface area (TPSA) is 70.2 Å².